The summed E-state index contributed by atoms with van der Waals surface area (Å²) in [6.07, 6.45) is 2.29. The smallest absolute Gasteiger partial charge is 0.163 e. The molecular formula is C18H26O7S. The SMILES string of the molecule is CC/C(=C\c1ccc(CO)o1)CC[C@@H](O)C1=C(CO)CS(=O)(=O)[C@H]1CO. The van der Waals surface area contributed by atoms with Crippen LogP contribution in [0.15, 0.2) is 33.3 Å². The zero-order valence-electron chi connectivity index (χ0n) is 14.8. The van der Waals surface area contributed by atoms with Gasteiger partial charge in [-0.2, -0.15) is 0 Å². The van der Waals surface area contributed by atoms with Gasteiger partial charge >= 0.3 is 0 Å². The van der Waals surface area contributed by atoms with E-state index in [1.165, 1.54) is 0 Å². The maximum atomic E-state index is 12.1. The number of aliphatic hydroxyl groups excluding tert-OH is 4. The van der Waals surface area contributed by atoms with Gasteiger partial charge in [-0.05, 0) is 48.6 Å². The first-order valence-electron chi connectivity index (χ1n) is 8.58. The van der Waals surface area contributed by atoms with Crippen LogP contribution in [0.4, 0.5) is 0 Å². The molecule has 146 valence electrons. The number of hydrogen-bond donors (Lipinski definition) is 4. The zero-order chi connectivity index (χ0) is 19.3. The van der Waals surface area contributed by atoms with E-state index in [9.17, 15) is 23.7 Å². The molecule has 26 heavy (non-hydrogen) atoms. The Labute approximate surface area is 153 Å². The Morgan fingerprint density at radius 3 is 2.58 bits per heavy atom. The number of aliphatic hydroxyl groups is 4. The Kier molecular flexibility index (Phi) is 7.19. The molecule has 1 aromatic heterocycles. The van der Waals surface area contributed by atoms with E-state index in [1.807, 2.05) is 13.0 Å². The molecule has 0 bridgehead atoms. The molecule has 4 N–H and O–H groups in total. The number of sulfone groups is 1. The first-order chi connectivity index (χ1) is 12.4. The standard InChI is InChI=1S/C18H26O7S/c1-2-12(7-14-4-5-15(9-20)25-14)3-6-16(22)18-13(8-19)11-26(23,24)17(18)10-21/h4-5,7,16-17,19-22H,2-3,6,8-11H2,1H3/b12-7+/t16-,17+/m1/s1. The van der Waals surface area contributed by atoms with Gasteiger partial charge in [-0.1, -0.05) is 12.5 Å². The van der Waals surface area contributed by atoms with Crippen molar-refractivity contribution >= 4 is 15.9 Å². The second kappa shape index (κ2) is 8.96. The molecular weight excluding hydrogens is 360 g/mol. The minimum Gasteiger partial charge on any atom is -0.459 e. The molecule has 1 aromatic rings. The molecule has 8 heteroatoms. The largest absolute Gasteiger partial charge is 0.459 e. The maximum absolute atomic E-state index is 12.1. The van der Waals surface area contributed by atoms with Crippen LogP contribution in [0.3, 0.4) is 0 Å². The lowest BCUT2D eigenvalue weighted by Crippen LogP contribution is -2.29. The van der Waals surface area contributed by atoms with Crippen molar-refractivity contribution in [2.24, 2.45) is 0 Å². The lowest BCUT2D eigenvalue weighted by Gasteiger charge is -2.19. The summed E-state index contributed by atoms with van der Waals surface area (Å²) in [5.41, 5.74) is 1.50. The lowest BCUT2D eigenvalue weighted by atomic mass is 9.95. The van der Waals surface area contributed by atoms with E-state index in [2.05, 4.69) is 0 Å². The molecule has 0 saturated carbocycles. The summed E-state index contributed by atoms with van der Waals surface area (Å²) in [6.45, 7) is 0.728. The molecule has 0 fully saturated rings. The molecule has 0 unspecified atom stereocenters. The summed E-state index contributed by atoms with van der Waals surface area (Å²) >= 11 is 0. The van der Waals surface area contributed by atoms with Gasteiger partial charge in [0.2, 0.25) is 0 Å². The van der Waals surface area contributed by atoms with Crippen molar-refractivity contribution in [3.05, 3.63) is 40.4 Å². The molecule has 1 aliphatic heterocycles. The summed E-state index contributed by atoms with van der Waals surface area (Å²) in [5.74, 6) is 0.743. The van der Waals surface area contributed by atoms with Gasteiger partial charge in [-0.15, -0.1) is 0 Å². The summed E-state index contributed by atoms with van der Waals surface area (Å²) in [7, 11) is -3.58. The normalized spacial score (nSPS) is 21.4. The maximum Gasteiger partial charge on any atom is 0.163 e. The first kappa shape index (κ1) is 20.9. The van der Waals surface area contributed by atoms with Gasteiger partial charge in [0.1, 0.15) is 23.4 Å². The van der Waals surface area contributed by atoms with E-state index in [4.69, 9.17) is 9.52 Å². The van der Waals surface area contributed by atoms with Crippen molar-refractivity contribution < 1.29 is 33.3 Å². The van der Waals surface area contributed by atoms with Gasteiger partial charge in [0, 0.05) is 0 Å². The molecule has 0 aromatic carbocycles. The summed E-state index contributed by atoms with van der Waals surface area (Å²) < 4.78 is 29.6. The van der Waals surface area contributed by atoms with Crippen LogP contribution < -0.4 is 0 Å². The predicted octanol–water partition coefficient (Wildman–Crippen LogP) is 0.785. The van der Waals surface area contributed by atoms with Crippen LogP contribution in [0, 0.1) is 0 Å². The van der Waals surface area contributed by atoms with Gasteiger partial charge < -0.3 is 24.8 Å². The Bertz CT molecular complexity index is 773. The van der Waals surface area contributed by atoms with E-state index in [1.54, 1.807) is 12.1 Å². The van der Waals surface area contributed by atoms with Crippen LogP contribution in [-0.2, 0) is 16.4 Å². The Hall–Kier alpha value is -1.45. The molecule has 1 aliphatic rings. The third-order valence-corrected chi connectivity index (χ3v) is 6.68. The molecule has 0 aliphatic carbocycles. The van der Waals surface area contributed by atoms with Crippen molar-refractivity contribution in [3.8, 4) is 0 Å². The summed E-state index contributed by atoms with van der Waals surface area (Å²) in [6, 6.07) is 3.43. The second-order valence-electron chi connectivity index (χ2n) is 6.37. The third-order valence-electron chi connectivity index (χ3n) is 4.66. The highest BCUT2D eigenvalue weighted by Crippen LogP contribution is 2.32. The third kappa shape index (κ3) is 4.63. The fraction of sp³-hybridized carbons (Fsp3) is 0.556. The topological polar surface area (TPSA) is 128 Å². The Morgan fingerprint density at radius 2 is 2.04 bits per heavy atom. The highest BCUT2D eigenvalue weighted by atomic mass is 32.2. The van der Waals surface area contributed by atoms with Crippen LogP contribution in [0.1, 0.15) is 37.7 Å². The number of furan rings is 1. The van der Waals surface area contributed by atoms with Crippen LogP contribution in [0.2, 0.25) is 0 Å². The van der Waals surface area contributed by atoms with Crippen LogP contribution in [0.25, 0.3) is 6.08 Å². The highest BCUT2D eigenvalue weighted by Gasteiger charge is 2.40. The Morgan fingerprint density at radius 1 is 1.31 bits per heavy atom. The Balaban J connectivity index is 2.11. The predicted molar refractivity (Wildman–Crippen MR) is 96.9 cm³/mol. The first-order valence-corrected chi connectivity index (χ1v) is 10.3. The highest BCUT2D eigenvalue weighted by molar-refractivity contribution is 7.92. The minimum absolute atomic E-state index is 0.177. The number of hydrogen-bond acceptors (Lipinski definition) is 7. The van der Waals surface area contributed by atoms with E-state index >= 15 is 0 Å². The minimum atomic E-state index is -3.58. The summed E-state index contributed by atoms with van der Waals surface area (Å²) in [5, 5.41) is 37.2. The lowest BCUT2D eigenvalue weighted by molar-refractivity contribution is 0.186. The molecule has 7 nitrogen and oxygen atoms in total. The average Bonchev–Trinajstić information content (AvgIpc) is 3.18. The number of allylic oxidation sites excluding steroid dienone is 1. The zero-order valence-corrected chi connectivity index (χ0v) is 15.6. The van der Waals surface area contributed by atoms with Crippen LogP contribution in [0.5, 0.6) is 0 Å². The molecule has 0 amide bonds. The van der Waals surface area contributed by atoms with Gasteiger partial charge in [0.05, 0.1) is 25.1 Å². The van der Waals surface area contributed by atoms with Gasteiger partial charge in [-0.25, -0.2) is 8.42 Å². The van der Waals surface area contributed by atoms with Gasteiger partial charge in [0.15, 0.2) is 9.84 Å². The van der Waals surface area contributed by atoms with Crippen molar-refractivity contribution in [1.82, 2.24) is 0 Å². The van der Waals surface area contributed by atoms with Crippen LogP contribution >= 0.6 is 0 Å². The quantitative estimate of drug-likeness (QED) is 0.462. The van der Waals surface area contributed by atoms with Crippen molar-refractivity contribution in [3.63, 3.8) is 0 Å². The van der Waals surface area contributed by atoms with E-state index in [0.717, 1.165) is 12.0 Å². The number of rotatable bonds is 9. The monoisotopic (exact) mass is 386 g/mol. The average molecular weight is 386 g/mol. The fourth-order valence-corrected chi connectivity index (χ4v) is 5.12. The molecule has 0 radical (unpaired) electrons. The van der Waals surface area contributed by atoms with Crippen molar-refractivity contribution in [1.29, 1.82) is 0 Å². The van der Waals surface area contributed by atoms with E-state index in [-0.39, 0.29) is 29.9 Å². The molecule has 0 spiro atoms. The van der Waals surface area contributed by atoms with E-state index < -0.39 is 34.4 Å². The van der Waals surface area contributed by atoms with E-state index in [0.29, 0.717) is 17.9 Å². The molecule has 2 rings (SSSR count). The van der Waals surface area contributed by atoms with Crippen LogP contribution in [-0.4, -0.2) is 59.2 Å². The molecule has 0 saturated heterocycles. The fourth-order valence-electron chi connectivity index (χ4n) is 3.23. The van der Waals surface area contributed by atoms with Crippen molar-refractivity contribution in [2.75, 3.05) is 19.0 Å². The van der Waals surface area contributed by atoms with Gasteiger partial charge in [0.25, 0.3) is 0 Å². The second-order valence-corrected chi connectivity index (χ2v) is 8.55. The molecule has 2 heterocycles. The van der Waals surface area contributed by atoms with Gasteiger partial charge in [-0.3, -0.25) is 0 Å². The van der Waals surface area contributed by atoms with Crippen molar-refractivity contribution in [2.45, 2.75) is 44.1 Å². The molecule has 2 atom stereocenters. The summed E-state index contributed by atoms with van der Waals surface area (Å²) in [4.78, 5) is 0.